The highest BCUT2D eigenvalue weighted by atomic mass is 19.4. The van der Waals surface area contributed by atoms with Crippen LogP contribution in [0.25, 0.3) is 10.9 Å². The summed E-state index contributed by atoms with van der Waals surface area (Å²) in [6.45, 7) is 3.20. The van der Waals surface area contributed by atoms with Crippen LogP contribution in [0.4, 0.5) is 13.2 Å². The molecule has 0 spiro atoms. The smallest absolute Gasteiger partial charge is 0.434 e. The zero-order valence-electron chi connectivity index (χ0n) is 10.9. The third kappa shape index (κ3) is 2.59. The van der Waals surface area contributed by atoms with Crippen molar-refractivity contribution in [1.29, 1.82) is 0 Å². The molecular weight excluding hydrogens is 271 g/mol. The third-order valence-corrected chi connectivity index (χ3v) is 2.81. The lowest BCUT2D eigenvalue weighted by Crippen LogP contribution is -2.17. The fraction of sp³-hybridized carbons (Fsp3) is 0.286. The zero-order valence-corrected chi connectivity index (χ0v) is 10.9. The van der Waals surface area contributed by atoms with E-state index in [1.54, 1.807) is 25.1 Å². The maximum absolute atomic E-state index is 13.0. The van der Waals surface area contributed by atoms with Crippen molar-refractivity contribution in [1.82, 2.24) is 4.98 Å². The average molecular weight is 283 g/mol. The van der Waals surface area contributed by atoms with Crippen LogP contribution in [0.15, 0.2) is 24.3 Å². The summed E-state index contributed by atoms with van der Waals surface area (Å²) in [4.78, 5) is 15.3. The van der Waals surface area contributed by atoms with Gasteiger partial charge in [0.2, 0.25) is 0 Å². The normalized spacial score (nSPS) is 11.7. The molecule has 0 atom stereocenters. The van der Waals surface area contributed by atoms with Crippen LogP contribution in [-0.4, -0.2) is 17.6 Å². The predicted octanol–water partition coefficient (Wildman–Crippen LogP) is 3.74. The molecule has 0 fully saturated rings. The molecule has 1 heterocycles. The van der Waals surface area contributed by atoms with E-state index in [9.17, 15) is 18.0 Å². The van der Waals surface area contributed by atoms with Gasteiger partial charge in [-0.1, -0.05) is 18.2 Å². The van der Waals surface area contributed by atoms with Gasteiger partial charge < -0.3 is 4.74 Å². The van der Waals surface area contributed by atoms with Crippen molar-refractivity contribution in [2.75, 3.05) is 6.61 Å². The molecule has 20 heavy (non-hydrogen) atoms. The quantitative estimate of drug-likeness (QED) is 0.788. The number of pyridine rings is 1. The van der Waals surface area contributed by atoms with Gasteiger partial charge in [0.15, 0.2) is 5.69 Å². The van der Waals surface area contributed by atoms with Crippen LogP contribution >= 0.6 is 0 Å². The summed E-state index contributed by atoms with van der Waals surface area (Å²) in [5.41, 5.74) is -0.925. The van der Waals surface area contributed by atoms with E-state index in [-0.39, 0.29) is 12.1 Å². The molecule has 0 aliphatic carbocycles. The Labute approximate surface area is 113 Å². The largest absolute Gasteiger partial charge is 0.462 e. The molecule has 0 amide bonds. The first-order valence-corrected chi connectivity index (χ1v) is 5.99. The first kappa shape index (κ1) is 14.3. The number of hydrogen-bond donors (Lipinski definition) is 0. The minimum Gasteiger partial charge on any atom is -0.462 e. The van der Waals surface area contributed by atoms with Crippen LogP contribution in [-0.2, 0) is 10.9 Å². The lowest BCUT2D eigenvalue weighted by molar-refractivity contribution is -0.141. The Kier molecular flexibility index (Phi) is 3.65. The lowest BCUT2D eigenvalue weighted by atomic mass is 10.1. The van der Waals surface area contributed by atoms with Crippen molar-refractivity contribution in [3.63, 3.8) is 0 Å². The first-order valence-electron chi connectivity index (χ1n) is 5.99. The van der Waals surface area contributed by atoms with Crippen molar-refractivity contribution in [3.8, 4) is 0 Å². The van der Waals surface area contributed by atoms with E-state index in [1.165, 1.54) is 13.0 Å². The number of ether oxygens (including phenoxy) is 1. The van der Waals surface area contributed by atoms with Gasteiger partial charge in [-0.3, -0.25) is 0 Å². The number of rotatable bonds is 2. The van der Waals surface area contributed by atoms with E-state index in [1.807, 2.05) is 0 Å². The highest BCUT2D eigenvalue weighted by molar-refractivity contribution is 5.96. The Bertz CT molecular complexity index is 665. The topological polar surface area (TPSA) is 39.2 Å². The first-order chi connectivity index (χ1) is 9.34. The Balaban J connectivity index is 2.74. The van der Waals surface area contributed by atoms with Gasteiger partial charge in [-0.05, 0) is 25.5 Å². The molecule has 2 aromatic rings. The van der Waals surface area contributed by atoms with Gasteiger partial charge in [0.25, 0.3) is 0 Å². The molecule has 106 valence electrons. The molecule has 1 aromatic carbocycles. The number of esters is 1. The fourth-order valence-corrected chi connectivity index (χ4v) is 1.93. The Hall–Kier alpha value is -2.11. The fourth-order valence-electron chi connectivity index (χ4n) is 1.93. The Morgan fingerprint density at radius 1 is 1.35 bits per heavy atom. The van der Waals surface area contributed by atoms with Crippen molar-refractivity contribution >= 4 is 16.9 Å². The maximum atomic E-state index is 13.0. The molecule has 1 aromatic heterocycles. The maximum Gasteiger partial charge on any atom is 0.434 e. The van der Waals surface area contributed by atoms with E-state index in [4.69, 9.17) is 0 Å². The molecule has 0 radical (unpaired) electrons. The van der Waals surface area contributed by atoms with Crippen LogP contribution < -0.4 is 0 Å². The zero-order chi connectivity index (χ0) is 14.9. The molecule has 2 rings (SSSR count). The van der Waals surface area contributed by atoms with E-state index < -0.39 is 23.4 Å². The summed E-state index contributed by atoms with van der Waals surface area (Å²) in [6.07, 6.45) is -4.71. The standard InChI is InChI=1S/C14H12F3NO2/c1-3-20-13(19)10-7-9-6-4-5-8(2)11(9)18-12(10)14(15,16)17/h4-7H,3H2,1-2H3. The molecule has 0 bridgehead atoms. The second kappa shape index (κ2) is 5.11. The van der Waals surface area contributed by atoms with Crippen molar-refractivity contribution in [2.45, 2.75) is 20.0 Å². The summed E-state index contributed by atoms with van der Waals surface area (Å²) in [5, 5.41) is 0.473. The molecule has 0 saturated heterocycles. The molecule has 3 nitrogen and oxygen atoms in total. The SMILES string of the molecule is CCOC(=O)c1cc2cccc(C)c2nc1C(F)(F)F. The molecule has 0 aliphatic heterocycles. The monoisotopic (exact) mass is 283 g/mol. The van der Waals surface area contributed by atoms with Gasteiger partial charge in [-0.25, -0.2) is 9.78 Å². The predicted molar refractivity (Wildman–Crippen MR) is 67.4 cm³/mol. The van der Waals surface area contributed by atoms with E-state index >= 15 is 0 Å². The van der Waals surface area contributed by atoms with Crippen molar-refractivity contribution in [2.24, 2.45) is 0 Å². The second-order valence-corrected chi connectivity index (χ2v) is 4.25. The van der Waals surface area contributed by atoms with Gasteiger partial charge in [0.1, 0.15) is 0 Å². The lowest BCUT2D eigenvalue weighted by Gasteiger charge is -2.13. The number of alkyl halides is 3. The number of aryl methyl sites for hydroxylation is 1. The van der Waals surface area contributed by atoms with Crippen LogP contribution in [0.1, 0.15) is 28.5 Å². The summed E-state index contributed by atoms with van der Waals surface area (Å²) in [7, 11) is 0. The number of para-hydroxylation sites is 1. The van der Waals surface area contributed by atoms with E-state index in [2.05, 4.69) is 9.72 Å². The molecule has 0 aliphatic rings. The average Bonchev–Trinajstić information content (AvgIpc) is 2.37. The molecule has 0 unspecified atom stereocenters. The minimum atomic E-state index is -4.71. The van der Waals surface area contributed by atoms with E-state index in [0.717, 1.165) is 0 Å². The summed E-state index contributed by atoms with van der Waals surface area (Å²) in [5.74, 6) is -1.02. The number of carbonyl (C=O) groups is 1. The second-order valence-electron chi connectivity index (χ2n) is 4.25. The molecule has 0 saturated carbocycles. The van der Waals surface area contributed by atoms with Crippen LogP contribution in [0.5, 0.6) is 0 Å². The Morgan fingerprint density at radius 2 is 2.05 bits per heavy atom. The highest BCUT2D eigenvalue weighted by Crippen LogP contribution is 2.33. The van der Waals surface area contributed by atoms with Crippen molar-refractivity contribution < 1.29 is 22.7 Å². The number of aromatic nitrogens is 1. The van der Waals surface area contributed by atoms with Gasteiger partial charge in [0.05, 0.1) is 17.7 Å². The summed E-state index contributed by atoms with van der Waals surface area (Å²) in [6, 6.07) is 6.15. The Morgan fingerprint density at radius 3 is 2.65 bits per heavy atom. The van der Waals surface area contributed by atoms with E-state index in [0.29, 0.717) is 10.9 Å². The van der Waals surface area contributed by atoms with Gasteiger partial charge in [-0.15, -0.1) is 0 Å². The minimum absolute atomic E-state index is 0.00197. The van der Waals surface area contributed by atoms with Gasteiger partial charge >= 0.3 is 12.1 Å². The van der Waals surface area contributed by atoms with Crippen LogP contribution in [0.3, 0.4) is 0 Å². The van der Waals surface area contributed by atoms with Crippen LogP contribution in [0.2, 0.25) is 0 Å². The van der Waals surface area contributed by atoms with Gasteiger partial charge in [0, 0.05) is 5.39 Å². The van der Waals surface area contributed by atoms with Crippen LogP contribution in [0, 0.1) is 6.92 Å². The molecule has 6 heteroatoms. The number of hydrogen-bond acceptors (Lipinski definition) is 3. The number of benzene rings is 1. The molecular formula is C14H12F3NO2. The third-order valence-electron chi connectivity index (χ3n) is 2.81. The number of nitrogens with zero attached hydrogens (tertiary/aromatic N) is 1. The highest BCUT2D eigenvalue weighted by Gasteiger charge is 2.38. The summed E-state index contributed by atoms with van der Waals surface area (Å²) >= 11 is 0. The molecule has 0 N–H and O–H groups in total. The summed E-state index contributed by atoms with van der Waals surface area (Å²) < 4.78 is 43.8. The number of halogens is 3. The van der Waals surface area contributed by atoms with Crippen molar-refractivity contribution in [3.05, 3.63) is 41.1 Å². The van der Waals surface area contributed by atoms with Gasteiger partial charge in [-0.2, -0.15) is 13.2 Å². The number of carbonyl (C=O) groups excluding carboxylic acids is 1. The number of fused-ring (bicyclic) bond motifs is 1.